The lowest BCUT2D eigenvalue weighted by Crippen LogP contribution is -2.38. The van der Waals surface area contributed by atoms with E-state index < -0.39 is 0 Å². The fraction of sp³-hybridized carbons (Fsp3) is 0.733. The molecule has 4 atom stereocenters. The van der Waals surface area contributed by atoms with Gasteiger partial charge >= 0.3 is 0 Å². The van der Waals surface area contributed by atoms with E-state index in [4.69, 9.17) is 9.47 Å². The van der Waals surface area contributed by atoms with Gasteiger partial charge in [-0.1, -0.05) is 52.5 Å². The van der Waals surface area contributed by atoms with Gasteiger partial charge in [-0.2, -0.15) is 0 Å². The summed E-state index contributed by atoms with van der Waals surface area (Å²) in [7, 11) is 3.55. The molecule has 2 unspecified atom stereocenters. The van der Waals surface area contributed by atoms with Gasteiger partial charge in [-0.25, -0.2) is 0 Å². The Morgan fingerprint density at radius 3 is 1.82 bits per heavy atom. The van der Waals surface area contributed by atoms with E-state index in [9.17, 15) is 0 Å². The molecule has 0 aromatic carbocycles. The predicted molar refractivity (Wildman–Crippen MR) is 74.1 cm³/mol. The monoisotopic (exact) mass is 240 g/mol. The van der Waals surface area contributed by atoms with Crippen LogP contribution in [-0.4, -0.2) is 26.4 Å². The molecule has 17 heavy (non-hydrogen) atoms. The molecule has 0 radical (unpaired) electrons. The summed E-state index contributed by atoms with van der Waals surface area (Å²) in [4.78, 5) is 0. The minimum atomic E-state index is 0.165. The molecule has 0 spiro atoms. The van der Waals surface area contributed by atoms with E-state index in [2.05, 4.69) is 40.3 Å². The van der Waals surface area contributed by atoms with Crippen molar-refractivity contribution in [3.8, 4) is 0 Å². The summed E-state index contributed by atoms with van der Waals surface area (Å²) in [6.45, 7) is 12.4. The highest BCUT2D eigenvalue weighted by atomic mass is 16.5. The van der Waals surface area contributed by atoms with Crippen LogP contribution >= 0.6 is 0 Å². The minimum absolute atomic E-state index is 0.165. The molecule has 0 fully saturated rings. The van der Waals surface area contributed by atoms with Crippen LogP contribution in [0.2, 0.25) is 0 Å². The van der Waals surface area contributed by atoms with Crippen molar-refractivity contribution in [2.75, 3.05) is 14.2 Å². The van der Waals surface area contributed by atoms with Gasteiger partial charge in [0.2, 0.25) is 0 Å². The molecule has 0 aliphatic rings. The van der Waals surface area contributed by atoms with Crippen molar-refractivity contribution in [3.63, 3.8) is 0 Å². The van der Waals surface area contributed by atoms with E-state index in [1.54, 1.807) is 20.3 Å². The fourth-order valence-electron chi connectivity index (χ4n) is 2.55. The van der Waals surface area contributed by atoms with Crippen LogP contribution in [0.1, 0.15) is 27.7 Å². The lowest BCUT2D eigenvalue weighted by molar-refractivity contribution is -0.0576. The number of rotatable bonds is 8. The summed E-state index contributed by atoms with van der Waals surface area (Å²) in [5.41, 5.74) is 0. The molecule has 0 heterocycles. The maximum atomic E-state index is 5.64. The Morgan fingerprint density at radius 1 is 0.941 bits per heavy atom. The Labute approximate surface area is 107 Å². The zero-order valence-electron chi connectivity index (χ0n) is 12.1. The van der Waals surface area contributed by atoms with Gasteiger partial charge in [0.1, 0.15) is 0 Å². The zero-order valence-corrected chi connectivity index (χ0v) is 12.1. The van der Waals surface area contributed by atoms with Gasteiger partial charge in [0.25, 0.3) is 0 Å². The first kappa shape index (κ1) is 16.4. The summed E-state index contributed by atoms with van der Waals surface area (Å²) in [6, 6.07) is 0. The van der Waals surface area contributed by atoms with Crippen molar-refractivity contribution in [3.05, 3.63) is 24.8 Å². The minimum Gasteiger partial charge on any atom is -0.381 e. The molecular weight excluding hydrogens is 212 g/mol. The van der Waals surface area contributed by atoms with Crippen LogP contribution in [0.5, 0.6) is 0 Å². The van der Waals surface area contributed by atoms with Gasteiger partial charge in [-0.05, 0) is 5.92 Å². The second-order valence-electron chi connectivity index (χ2n) is 4.98. The molecular formula is C15H28O2. The first-order valence-electron chi connectivity index (χ1n) is 6.34. The average molecular weight is 240 g/mol. The number of hydrogen-bond donors (Lipinski definition) is 0. The Hall–Kier alpha value is -0.600. The average Bonchev–Trinajstić information content (AvgIpc) is 2.27. The molecule has 2 heteroatoms. The van der Waals surface area contributed by atoms with Crippen LogP contribution in [0.3, 0.4) is 0 Å². The van der Waals surface area contributed by atoms with E-state index in [1.165, 1.54) is 0 Å². The Kier molecular flexibility index (Phi) is 8.19. The molecule has 0 N–H and O–H groups in total. The van der Waals surface area contributed by atoms with E-state index >= 15 is 0 Å². The standard InChI is InChI=1S/C15H28O2/c1-8-9-10-12(4)15(17-7)13(5)14(16-6)11(2)3/h8-15H,1H2,2-7H3/b10-9-/t12-,13-,14?,15?/m0/s1. The van der Waals surface area contributed by atoms with Crippen molar-refractivity contribution in [1.82, 2.24) is 0 Å². The normalized spacial score (nSPS) is 19.2. The molecule has 0 saturated heterocycles. The van der Waals surface area contributed by atoms with E-state index in [-0.39, 0.29) is 12.2 Å². The Bertz CT molecular complexity index is 233. The number of methoxy groups -OCH3 is 2. The highest BCUT2D eigenvalue weighted by Crippen LogP contribution is 2.26. The SMILES string of the molecule is C=C/C=C\[C@H](C)C(OC)[C@@H](C)C(OC)C(C)C. The number of allylic oxidation sites excluding steroid dienone is 2. The van der Waals surface area contributed by atoms with E-state index in [0.29, 0.717) is 17.8 Å². The van der Waals surface area contributed by atoms with Crippen LogP contribution < -0.4 is 0 Å². The molecule has 2 nitrogen and oxygen atoms in total. The highest BCUT2D eigenvalue weighted by Gasteiger charge is 2.30. The van der Waals surface area contributed by atoms with Crippen LogP contribution in [-0.2, 0) is 9.47 Å². The van der Waals surface area contributed by atoms with Gasteiger partial charge in [0.05, 0.1) is 12.2 Å². The van der Waals surface area contributed by atoms with Gasteiger partial charge in [-0.15, -0.1) is 0 Å². The first-order chi connectivity index (χ1) is 7.99. The fourth-order valence-corrected chi connectivity index (χ4v) is 2.55. The molecule has 0 amide bonds. The molecule has 0 bridgehead atoms. The van der Waals surface area contributed by atoms with Gasteiger partial charge in [0.15, 0.2) is 0 Å². The number of ether oxygens (including phenoxy) is 2. The van der Waals surface area contributed by atoms with Crippen molar-refractivity contribution in [2.24, 2.45) is 17.8 Å². The summed E-state index contributed by atoms with van der Waals surface area (Å²) >= 11 is 0. The number of hydrogen-bond acceptors (Lipinski definition) is 2. The quantitative estimate of drug-likeness (QED) is 0.602. The molecule has 0 aromatic rings. The second-order valence-corrected chi connectivity index (χ2v) is 4.98. The van der Waals surface area contributed by atoms with Crippen LogP contribution in [0, 0.1) is 17.8 Å². The molecule has 0 rings (SSSR count). The maximum absolute atomic E-state index is 5.64. The Morgan fingerprint density at radius 2 is 1.47 bits per heavy atom. The largest absolute Gasteiger partial charge is 0.381 e. The first-order valence-corrected chi connectivity index (χ1v) is 6.34. The predicted octanol–water partition coefficient (Wildman–Crippen LogP) is 3.69. The molecule has 100 valence electrons. The zero-order chi connectivity index (χ0) is 13.4. The molecule has 0 saturated carbocycles. The highest BCUT2D eigenvalue weighted by molar-refractivity contribution is 5.01. The van der Waals surface area contributed by atoms with Gasteiger partial charge in [0, 0.05) is 26.1 Å². The third-order valence-corrected chi connectivity index (χ3v) is 3.31. The van der Waals surface area contributed by atoms with E-state index in [1.807, 2.05) is 6.08 Å². The van der Waals surface area contributed by atoms with Gasteiger partial charge in [-0.3, -0.25) is 0 Å². The topological polar surface area (TPSA) is 18.5 Å². The second kappa shape index (κ2) is 8.48. The smallest absolute Gasteiger partial charge is 0.0681 e. The van der Waals surface area contributed by atoms with Crippen molar-refractivity contribution in [1.29, 1.82) is 0 Å². The summed E-state index contributed by atoms with van der Waals surface area (Å²) < 4.78 is 11.2. The third kappa shape index (κ3) is 5.05. The van der Waals surface area contributed by atoms with Crippen LogP contribution in [0.15, 0.2) is 24.8 Å². The maximum Gasteiger partial charge on any atom is 0.0681 e. The Balaban J connectivity index is 4.73. The van der Waals surface area contributed by atoms with Crippen molar-refractivity contribution < 1.29 is 9.47 Å². The van der Waals surface area contributed by atoms with Crippen molar-refractivity contribution in [2.45, 2.75) is 39.9 Å². The van der Waals surface area contributed by atoms with Gasteiger partial charge < -0.3 is 9.47 Å². The molecule has 0 aromatic heterocycles. The third-order valence-electron chi connectivity index (χ3n) is 3.31. The van der Waals surface area contributed by atoms with Crippen LogP contribution in [0.4, 0.5) is 0 Å². The summed E-state index contributed by atoms with van der Waals surface area (Å²) in [6.07, 6.45) is 6.29. The summed E-state index contributed by atoms with van der Waals surface area (Å²) in [5.74, 6) is 1.20. The lowest BCUT2D eigenvalue weighted by atomic mass is 9.84. The van der Waals surface area contributed by atoms with Crippen molar-refractivity contribution >= 4 is 0 Å². The van der Waals surface area contributed by atoms with E-state index in [0.717, 1.165) is 0 Å². The van der Waals surface area contributed by atoms with Crippen LogP contribution in [0.25, 0.3) is 0 Å². The lowest BCUT2D eigenvalue weighted by Gasteiger charge is -2.34. The molecule has 0 aliphatic carbocycles. The molecule has 0 aliphatic heterocycles. The summed E-state index contributed by atoms with van der Waals surface area (Å²) in [5, 5.41) is 0.